The second-order valence-corrected chi connectivity index (χ2v) is 4.73. The summed E-state index contributed by atoms with van der Waals surface area (Å²) in [4.78, 5) is 24.4. The fourth-order valence-electron chi connectivity index (χ4n) is 2.19. The maximum atomic E-state index is 12.2. The topological polar surface area (TPSA) is 88.1 Å². The number of aliphatic carboxylic acids is 1. The van der Waals surface area contributed by atoms with E-state index in [0.717, 1.165) is 0 Å². The van der Waals surface area contributed by atoms with Crippen LogP contribution in [0.2, 0.25) is 0 Å². The third-order valence-corrected chi connectivity index (χ3v) is 3.23. The Kier molecular flexibility index (Phi) is 4.52. The average Bonchev–Trinajstić information content (AvgIpc) is 2.85. The van der Waals surface area contributed by atoms with Crippen molar-refractivity contribution in [3.63, 3.8) is 0 Å². The molecule has 0 fully saturated rings. The van der Waals surface area contributed by atoms with Crippen LogP contribution < -0.4 is 14.8 Å². The van der Waals surface area contributed by atoms with E-state index in [1.54, 1.807) is 32.0 Å². The molecule has 0 bridgehead atoms. The first kappa shape index (κ1) is 15.0. The average molecular weight is 294 g/mol. The minimum Gasteiger partial charge on any atom is -0.481 e. The van der Waals surface area contributed by atoms with Gasteiger partial charge < -0.3 is 24.8 Å². The first-order valence-electron chi connectivity index (χ1n) is 6.70. The standard InChI is InChI=1S/C14H18N2O5/c1-3-16(9(2)6-13(17)18)14(19)15-10-4-5-11-12(7-10)21-8-20-11/h4-5,7,9H,3,6,8H2,1-2H3,(H,15,19)(H,17,18). The highest BCUT2D eigenvalue weighted by Crippen LogP contribution is 2.34. The number of nitrogens with zero attached hydrogens (tertiary/aromatic N) is 1. The van der Waals surface area contributed by atoms with Crippen molar-refractivity contribution in [1.82, 2.24) is 4.90 Å². The number of amides is 2. The van der Waals surface area contributed by atoms with Crippen LogP contribution >= 0.6 is 0 Å². The predicted octanol–water partition coefficient (Wildman–Crippen LogP) is 2.13. The molecule has 1 aromatic rings. The van der Waals surface area contributed by atoms with Gasteiger partial charge in [-0.05, 0) is 26.0 Å². The van der Waals surface area contributed by atoms with Gasteiger partial charge in [0.25, 0.3) is 0 Å². The van der Waals surface area contributed by atoms with Crippen LogP contribution in [0.5, 0.6) is 11.5 Å². The molecule has 1 aromatic carbocycles. The number of carbonyl (C=O) groups is 2. The smallest absolute Gasteiger partial charge is 0.322 e. The van der Waals surface area contributed by atoms with Gasteiger partial charge in [0.15, 0.2) is 11.5 Å². The number of carbonyl (C=O) groups excluding carboxylic acids is 1. The Morgan fingerprint density at radius 1 is 1.38 bits per heavy atom. The van der Waals surface area contributed by atoms with Gasteiger partial charge in [0, 0.05) is 24.3 Å². The van der Waals surface area contributed by atoms with Gasteiger partial charge in [0.05, 0.1) is 6.42 Å². The molecule has 7 nitrogen and oxygen atoms in total. The normalized spacial score (nSPS) is 13.6. The second-order valence-electron chi connectivity index (χ2n) is 4.73. The number of hydrogen-bond donors (Lipinski definition) is 2. The highest BCUT2D eigenvalue weighted by molar-refractivity contribution is 5.90. The Balaban J connectivity index is 2.03. The van der Waals surface area contributed by atoms with Crippen LogP contribution in [0.15, 0.2) is 18.2 Å². The molecule has 1 atom stereocenters. The van der Waals surface area contributed by atoms with Gasteiger partial charge in [-0.25, -0.2) is 4.79 Å². The molecule has 0 aliphatic carbocycles. The molecule has 114 valence electrons. The number of anilines is 1. The largest absolute Gasteiger partial charge is 0.481 e. The lowest BCUT2D eigenvalue weighted by atomic mass is 10.2. The zero-order chi connectivity index (χ0) is 15.4. The lowest BCUT2D eigenvalue weighted by Crippen LogP contribution is -2.42. The first-order valence-corrected chi connectivity index (χ1v) is 6.70. The number of nitrogens with one attached hydrogen (secondary N) is 1. The second kappa shape index (κ2) is 6.34. The van der Waals surface area contributed by atoms with Crippen molar-refractivity contribution in [3.8, 4) is 11.5 Å². The third kappa shape index (κ3) is 3.56. The van der Waals surface area contributed by atoms with E-state index < -0.39 is 5.97 Å². The number of fused-ring (bicyclic) bond motifs is 1. The number of rotatable bonds is 5. The van der Waals surface area contributed by atoms with Gasteiger partial charge in [0.1, 0.15) is 0 Å². The number of carboxylic acids is 1. The molecule has 1 unspecified atom stereocenters. The summed E-state index contributed by atoms with van der Waals surface area (Å²) in [5, 5.41) is 11.6. The van der Waals surface area contributed by atoms with Crippen molar-refractivity contribution < 1.29 is 24.2 Å². The molecule has 1 aliphatic heterocycles. The fraction of sp³-hybridized carbons (Fsp3) is 0.429. The first-order chi connectivity index (χ1) is 10.0. The summed E-state index contributed by atoms with van der Waals surface area (Å²) in [7, 11) is 0. The molecular formula is C14H18N2O5. The molecule has 0 saturated carbocycles. The number of urea groups is 1. The molecule has 2 N–H and O–H groups in total. The van der Waals surface area contributed by atoms with E-state index in [2.05, 4.69) is 5.32 Å². The van der Waals surface area contributed by atoms with Crippen molar-refractivity contribution in [2.24, 2.45) is 0 Å². The van der Waals surface area contributed by atoms with Crippen LogP contribution in [0.3, 0.4) is 0 Å². The Morgan fingerprint density at radius 2 is 2.10 bits per heavy atom. The van der Waals surface area contributed by atoms with Gasteiger partial charge in [-0.1, -0.05) is 0 Å². The van der Waals surface area contributed by atoms with Crippen LogP contribution in [-0.4, -0.2) is 41.4 Å². The predicted molar refractivity (Wildman–Crippen MR) is 75.7 cm³/mol. The highest BCUT2D eigenvalue weighted by Gasteiger charge is 2.21. The van der Waals surface area contributed by atoms with Crippen LogP contribution in [-0.2, 0) is 4.79 Å². The molecule has 2 amide bonds. The Morgan fingerprint density at radius 3 is 2.76 bits per heavy atom. The van der Waals surface area contributed by atoms with Crippen molar-refractivity contribution >= 4 is 17.7 Å². The number of carboxylic acid groups (broad SMARTS) is 1. The maximum Gasteiger partial charge on any atom is 0.322 e. The SMILES string of the molecule is CCN(C(=O)Nc1ccc2c(c1)OCO2)C(C)CC(=O)O. The minimum atomic E-state index is -0.933. The molecule has 21 heavy (non-hydrogen) atoms. The molecule has 2 rings (SSSR count). The summed E-state index contributed by atoms with van der Waals surface area (Å²) in [6.45, 7) is 4.10. The van der Waals surface area contributed by atoms with Crippen molar-refractivity contribution in [1.29, 1.82) is 0 Å². The fourth-order valence-corrected chi connectivity index (χ4v) is 2.19. The Labute approximate surface area is 122 Å². The van der Waals surface area contributed by atoms with Crippen LogP contribution in [0.25, 0.3) is 0 Å². The zero-order valence-corrected chi connectivity index (χ0v) is 12.0. The van der Waals surface area contributed by atoms with Gasteiger partial charge in [-0.2, -0.15) is 0 Å². The highest BCUT2D eigenvalue weighted by atomic mass is 16.7. The summed E-state index contributed by atoms with van der Waals surface area (Å²) in [5.41, 5.74) is 0.574. The van der Waals surface area contributed by atoms with E-state index >= 15 is 0 Å². The molecule has 0 aromatic heterocycles. The Hall–Kier alpha value is -2.44. The van der Waals surface area contributed by atoms with E-state index in [0.29, 0.717) is 23.7 Å². The van der Waals surface area contributed by atoms with Crippen molar-refractivity contribution in [2.75, 3.05) is 18.7 Å². The number of hydrogen-bond acceptors (Lipinski definition) is 4. The summed E-state index contributed by atoms with van der Waals surface area (Å²) in [6.07, 6.45) is -0.0948. The van der Waals surface area contributed by atoms with Gasteiger partial charge in [0.2, 0.25) is 6.79 Å². The van der Waals surface area contributed by atoms with Crippen LogP contribution in [0.4, 0.5) is 10.5 Å². The Bertz CT molecular complexity index is 546. The van der Waals surface area contributed by atoms with E-state index in [1.807, 2.05) is 0 Å². The number of benzene rings is 1. The lowest BCUT2D eigenvalue weighted by Gasteiger charge is -2.27. The maximum absolute atomic E-state index is 12.2. The van der Waals surface area contributed by atoms with E-state index in [4.69, 9.17) is 14.6 Å². The van der Waals surface area contributed by atoms with E-state index in [9.17, 15) is 9.59 Å². The summed E-state index contributed by atoms with van der Waals surface area (Å²) in [6, 6.07) is 4.37. The molecular weight excluding hydrogens is 276 g/mol. The van der Waals surface area contributed by atoms with Crippen LogP contribution in [0, 0.1) is 0 Å². The van der Waals surface area contributed by atoms with E-state index in [-0.39, 0.29) is 25.3 Å². The van der Waals surface area contributed by atoms with Gasteiger partial charge in [-0.15, -0.1) is 0 Å². The third-order valence-electron chi connectivity index (χ3n) is 3.23. The lowest BCUT2D eigenvalue weighted by molar-refractivity contribution is -0.137. The van der Waals surface area contributed by atoms with Crippen molar-refractivity contribution in [3.05, 3.63) is 18.2 Å². The molecule has 7 heteroatoms. The zero-order valence-electron chi connectivity index (χ0n) is 12.0. The van der Waals surface area contributed by atoms with Crippen molar-refractivity contribution in [2.45, 2.75) is 26.3 Å². The molecule has 0 saturated heterocycles. The molecule has 1 aliphatic rings. The molecule has 0 spiro atoms. The number of ether oxygens (including phenoxy) is 2. The molecule has 0 radical (unpaired) electrons. The summed E-state index contributed by atoms with van der Waals surface area (Å²) in [5.74, 6) is 0.283. The minimum absolute atomic E-state index is 0.0948. The monoisotopic (exact) mass is 294 g/mol. The summed E-state index contributed by atoms with van der Waals surface area (Å²) < 4.78 is 10.4. The van der Waals surface area contributed by atoms with Crippen LogP contribution in [0.1, 0.15) is 20.3 Å². The summed E-state index contributed by atoms with van der Waals surface area (Å²) >= 11 is 0. The quantitative estimate of drug-likeness (QED) is 0.868. The van der Waals surface area contributed by atoms with E-state index in [1.165, 1.54) is 4.90 Å². The van der Waals surface area contributed by atoms with Gasteiger partial charge in [-0.3, -0.25) is 4.79 Å². The molecule has 1 heterocycles. The van der Waals surface area contributed by atoms with Gasteiger partial charge >= 0.3 is 12.0 Å².